The lowest BCUT2D eigenvalue weighted by atomic mass is 10.1. The maximum atomic E-state index is 12.4. The predicted octanol–water partition coefficient (Wildman–Crippen LogP) is 2.97. The third kappa shape index (κ3) is 5.71. The topological polar surface area (TPSA) is 66.5 Å². The minimum Gasteiger partial charge on any atom is -0.355 e. The maximum Gasteiger partial charge on any atom is 0.243 e. The molecule has 8 heteroatoms. The highest BCUT2D eigenvalue weighted by Gasteiger charge is 2.22. The molecule has 134 valence electrons. The summed E-state index contributed by atoms with van der Waals surface area (Å²) in [5, 5.41) is 3.79. The Morgan fingerprint density at radius 1 is 1.08 bits per heavy atom. The van der Waals surface area contributed by atoms with Crippen LogP contribution in [0.1, 0.15) is 5.56 Å². The molecule has 0 aromatic heterocycles. The summed E-state index contributed by atoms with van der Waals surface area (Å²) < 4.78 is 25.8. The average Bonchev–Trinajstić information content (AvgIpc) is 2.55. The highest BCUT2D eigenvalue weighted by atomic mass is 35.5. The van der Waals surface area contributed by atoms with E-state index in [2.05, 4.69) is 5.32 Å². The van der Waals surface area contributed by atoms with Gasteiger partial charge in [0.15, 0.2) is 0 Å². The molecule has 25 heavy (non-hydrogen) atoms. The first kappa shape index (κ1) is 19.7. The van der Waals surface area contributed by atoms with Crippen molar-refractivity contribution >= 4 is 39.1 Å². The fourth-order valence-electron chi connectivity index (χ4n) is 2.17. The summed E-state index contributed by atoms with van der Waals surface area (Å²) in [6, 6.07) is 13.2. The van der Waals surface area contributed by atoms with Gasteiger partial charge in [0.2, 0.25) is 15.9 Å². The second kappa shape index (κ2) is 8.67. The highest BCUT2D eigenvalue weighted by Crippen LogP contribution is 2.17. The van der Waals surface area contributed by atoms with E-state index in [4.69, 9.17) is 23.2 Å². The average molecular weight is 401 g/mol. The van der Waals surface area contributed by atoms with Crippen molar-refractivity contribution in [3.63, 3.8) is 0 Å². The second-order valence-corrected chi connectivity index (χ2v) is 8.36. The minimum absolute atomic E-state index is 0.0890. The van der Waals surface area contributed by atoms with Crippen LogP contribution in [-0.4, -0.2) is 38.8 Å². The number of benzene rings is 2. The Labute approximate surface area is 157 Å². The highest BCUT2D eigenvalue weighted by molar-refractivity contribution is 7.89. The molecule has 0 saturated heterocycles. The lowest BCUT2D eigenvalue weighted by molar-refractivity contribution is -0.121. The Balaban J connectivity index is 1.87. The van der Waals surface area contributed by atoms with Gasteiger partial charge in [0.25, 0.3) is 0 Å². The van der Waals surface area contributed by atoms with Gasteiger partial charge in [-0.2, -0.15) is 4.31 Å². The number of rotatable bonds is 7. The van der Waals surface area contributed by atoms with E-state index in [1.807, 2.05) is 18.2 Å². The molecule has 0 unspecified atom stereocenters. The molecule has 0 radical (unpaired) electrons. The van der Waals surface area contributed by atoms with E-state index in [9.17, 15) is 13.2 Å². The Hall–Kier alpha value is -1.60. The molecule has 1 N–H and O–H groups in total. The molecule has 0 bridgehead atoms. The SMILES string of the molecule is CN(CC(=O)NCCc1cccc(Cl)c1)S(=O)(=O)c1ccc(Cl)cc1. The van der Waals surface area contributed by atoms with Crippen LogP contribution in [-0.2, 0) is 21.2 Å². The van der Waals surface area contributed by atoms with Gasteiger partial charge in [0, 0.05) is 23.6 Å². The minimum atomic E-state index is -3.74. The van der Waals surface area contributed by atoms with E-state index in [1.165, 1.54) is 31.3 Å². The molecule has 0 heterocycles. The van der Waals surface area contributed by atoms with Gasteiger partial charge in [-0.15, -0.1) is 0 Å². The van der Waals surface area contributed by atoms with Gasteiger partial charge in [-0.3, -0.25) is 4.79 Å². The molecule has 2 aromatic rings. The van der Waals surface area contributed by atoms with Gasteiger partial charge in [-0.25, -0.2) is 8.42 Å². The van der Waals surface area contributed by atoms with Gasteiger partial charge in [0.05, 0.1) is 11.4 Å². The summed E-state index contributed by atoms with van der Waals surface area (Å²) in [6.45, 7) is 0.133. The molecule has 2 aromatic carbocycles. The predicted molar refractivity (Wildman–Crippen MR) is 99.4 cm³/mol. The summed E-state index contributed by atoms with van der Waals surface area (Å²) in [5.41, 5.74) is 0.995. The first-order valence-electron chi connectivity index (χ1n) is 7.52. The van der Waals surface area contributed by atoms with Crippen molar-refractivity contribution < 1.29 is 13.2 Å². The molecule has 0 fully saturated rings. The Morgan fingerprint density at radius 3 is 2.40 bits per heavy atom. The summed E-state index contributed by atoms with van der Waals surface area (Å²) >= 11 is 11.7. The molecular weight excluding hydrogens is 383 g/mol. The van der Waals surface area contributed by atoms with Crippen LogP contribution in [0.5, 0.6) is 0 Å². The third-order valence-electron chi connectivity index (χ3n) is 3.51. The van der Waals surface area contributed by atoms with Crippen LogP contribution in [0.2, 0.25) is 10.0 Å². The first-order chi connectivity index (χ1) is 11.8. The fourth-order valence-corrected chi connectivity index (χ4v) is 3.63. The van der Waals surface area contributed by atoms with Crippen molar-refractivity contribution in [3.8, 4) is 0 Å². The quantitative estimate of drug-likeness (QED) is 0.776. The van der Waals surface area contributed by atoms with E-state index in [1.54, 1.807) is 6.07 Å². The van der Waals surface area contributed by atoms with Crippen LogP contribution in [0.15, 0.2) is 53.4 Å². The van der Waals surface area contributed by atoms with Crippen molar-refractivity contribution in [2.45, 2.75) is 11.3 Å². The first-order valence-corrected chi connectivity index (χ1v) is 9.71. The zero-order valence-corrected chi connectivity index (χ0v) is 15.9. The van der Waals surface area contributed by atoms with Crippen LogP contribution in [0.4, 0.5) is 0 Å². The Bertz CT molecular complexity index is 839. The van der Waals surface area contributed by atoms with Gasteiger partial charge < -0.3 is 5.32 Å². The van der Waals surface area contributed by atoms with Gasteiger partial charge in [-0.05, 0) is 48.4 Å². The molecular formula is C17H18Cl2N2O3S. The molecule has 0 aliphatic carbocycles. The fraction of sp³-hybridized carbons (Fsp3) is 0.235. The molecule has 0 aliphatic heterocycles. The number of nitrogens with zero attached hydrogens (tertiary/aromatic N) is 1. The lowest BCUT2D eigenvalue weighted by Crippen LogP contribution is -2.39. The zero-order valence-electron chi connectivity index (χ0n) is 13.6. The monoisotopic (exact) mass is 400 g/mol. The number of hydrogen-bond donors (Lipinski definition) is 1. The largest absolute Gasteiger partial charge is 0.355 e. The van der Waals surface area contributed by atoms with Crippen molar-refractivity contribution in [2.24, 2.45) is 0 Å². The summed E-state index contributed by atoms with van der Waals surface area (Å²) in [5.74, 6) is -0.373. The molecule has 1 amide bonds. The van der Waals surface area contributed by atoms with E-state index in [0.29, 0.717) is 23.0 Å². The Kier molecular flexibility index (Phi) is 6.84. The van der Waals surface area contributed by atoms with Gasteiger partial charge in [-0.1, -0.05) is 35.3 Å². The third-order valence-corrected chi connectivity index (χ3v) is 5.82. The number of halogens is 2. The van der Waals surface area contributed by atoms with E-state index < -0.39 is 10.0 Å². The lowest BCUT2D eigenvalue weighted by Gasteiger charge is -2.17. The smallest absolute Gasteiger partial charge is 0.243 e. The number of nitrogens with one attached hydrogen (secondary N) is 1. The number of sulfonamides is 1. The number of amides is 1. The molecule has 2 rings (SSSR count). The molecule has 0 atom stereocenters. The number of carbonyl (C=O) groups is 1. The van der Waals surface area contributed by atoms with Crippen molar-refractivity contribution in [2.75, 3.05) is 20.1 Å². The van der Waals surface area contributed by atoms with E-state index >= 15 is 0 Å². The van der Waals surface area contributed by atoms with Crippen molar-refractivity contribution in [1.82, 2.24) is 9.62 Å². The summed E-state index contributed by atoms with van der Waals surface area (Å²) in [4.78, 5) is 12.1. The zero-order chi connectivity index (χ0) is 18.4. The van der Waals surface area contributed by atoms with Crippen LogP contribution < -0.4 is 5.32 Å². The molecule has 0 spiro atoms. The van der Waals surface area contributed by atoms with Crippen molar-refractivity contribution in [1.29, 1.82) is 0 Å². The van der Waals surface area contributed by atoms with E-state index in [0.717, 1.165) is 9.87 Å². The van der Waals surface area contributed by atoms with E-state index in [-0.39, 0.29) is 17.3 Å². The molecule has 0 saturated carbocycles. The maximum absolute atomic E-state index is 12.4. The standard InChI is InChI=1S/C17H18Cl2N2O3S/c1-21(25(23,24)16-7-5-14(18)6-8-16)12-17(22)20-10-9-13-3-2-4-15(19)11-13/h2-8,11H,9-10,12H2,1H3,(H,20,22). The van der Waals surface area contributed by atoms with Crippen LogP contribution in [0.25, 0.3) is 0 Å². The number of carbonyl (C=O) groups excluding carboxylic acids is 1. The second-order valence-electron chi connectivity index (χ2n) is 5.44. The van der Waals surface area contributed by atoms with Crippen LogP contribution >= 0.6 is 23.2 Å². The number of hydrogen-bond acceptors (Lipinski definition) is 3. The normalized spacial score (nSPS) is 11.5. The van der Waals surface area contributed by atoms with Crippen LogP contribution in [0.3, 0.4) is 0 Å². The number of likely N-dealkylation sites (N-methyl/N-ethyl adjacent to an activating group) is 1. The Morgan fingerprint density at radius 2 is 1.76 bits per heavy atom. The summed E-state index contributed by atoms with van der Waals surface area (Å²) in [6.07, 6.45) is 0.611. The van der Waals surface area contributed by atoms with Gasteiger partial charge >= 0.3 is 0 Å². The molecule has 0 aliphatic rings. The van der Waals surface area contributed by atoms with Crippen molar-refractivity contribution in [3.05, 3.63) is 64.1 Å². The summed E-state index contributed by atoms with van der Waals surface area (Å²) in [7, 11) is -2.38. The van der Waals surface area contributed by atoms with Crippen LogP contribution in [0, 0.1) is 0 Å². The van der Waals surface area contributed by atoms with Gasteiger partial charge in [0.1, 0.15) is 0 Å². The molecule has 5 nitrogen and oxygen atoms in total.